The number of nitrogens with two attached hydrogens (primary N) is 1. The Bertz CT molecular complexity index is 1480. The van der Waals surface area contributed by atoms with Crippen molar-refractivity contribution in [1.29, 1.82) is 0 Å². The Kier molecular flexibility index (Phi) is 6.13. The van der Waals surface area contributed by atoms with Gasteiger partial charge in [-0.05, 0) is 40.1 Å². The van der Waals surface area contributed by atoms with Crippen molar-refractivity contribution in [2.24, 2.45) is 0 Å². The van der Waals surface area contributed by atoms with Gasteiger partial charge in [-0.1, -0.05) is 42.5 Å². The highest BCUT2D eigenvalue weighted by molar-refractivity contribution is 5.82. The van der Waals surface area contributed by atoms with E-state index in [-0.39, 0.29) is 5.95 Å². The fourth-order valence-electron chi connectivity index (χ4n) is 3.84. The van der Waals surface area contributed by atoms with Crippen LogP contribution in [0.3, 0.4) is 0 Å². The molecule has 0 unspecified atom stereocenters. The lowest BCUT2D eigenvalue weighted by Crippen LogP contribution is -2.07. The molecule has 2 heterocycles. The minimum atomic E-state index is 0.151. The Labute approximate surface area is 202 Å². The lowest BCUT2D eigenvalue weighted by atomic mass is 10.1. The fraction of sp³-hybridized carbons (Fsp3) is 0.154. The van der Waals surface area contributed by atoms with Crippen molar-refractivity contribution in [3.63, 3.8) is 0 Å². The summed E-state index contributed by atoms with van der Waals surface area (Å²) in [5.41, 5.74) is 7.93. The van der Waals surface area contributed by atoms with Gasteiger partial charge in [-0.2, -0.15) is 9.67 Å². The Hall–Kier alpha value is -4.66. The van der Waals surface area contributed by atoms with Crippen LogP contribution in [0.4, 0.5) is 5.95 Å². The summed E-state index contributed by atoms with van der Waals surface area (Å²) in [6, 6.07) is 21.8. The number of anilines is 1. The first-order valence-corrected chi connectivity index (χ1v) is 11.0. The maximum Gasteiger partial charge on any atom is 0.240 e. The lowest BCUT2D eigenvalue weighted by Gasteiger charge is -2.10. The smallest absolute Gasteiger partial charge is 0.240 e. The molecule has 0 aliphatic carbocycles. The third kappa shape index (κ3) is 4.84. The van der Waals surface area contributed by atoms with Crippen LogP contribution in [0, 0.1) is 0 Å². The molecule has 2 aromatic heterocycles. The number of ether oxygens (including phenoxy) is 3. The number of nitrogen functional groups attached to an aromatic ring is 1. The highest BCUT2D eigenvalue weighted by Gasteiger charge is 2.15. The van der Waals surface area contributed by atoms with Gasteiger partial charge >= 0.3 is 0 Å². The topological polar surface area (TPSA) is 110 Å². The van der Waals surface area contributed by atoms with Crippen molar-refractivity contribution in [2.75, 3.05) is 20.0 Å². The second kappa shape index (κ2) is 9.68. The molecule has 0 saturated carbocycles. The Morgan fingerprint density at radius 1 is 0.829 bits per heavy atom. The third-order valence-corrected chi connectivity index (χ3v) is 5.55. The maximum atomic E-state index is 5.95. The molecule has 0 fully saturated rings. The summed E-state index contributed by atoms with van der Waals surface area (Å²) >= 11 is 0. The number of fused-ring (bicyclic) bond motifs is 1. The highest BCUT2D eigenvalue weighted by atomic mass is 16.5. The van der Waals surface area contributed by atoms with Gasteiger partial charge in [0.05, 0.1) is 14.2 Å². The molecule has 3 aromatic carbocycles. The summed E-state index contributed by atoms with van der Waals surface area (Å²) in [5.74, 6) is 2.99. The van der Waals surface area contributed by atoms with Crippen LogP contribution < -0.4 is 19.9 Å². The van der Waals surface area contributed by atoms with Crippen LogP contribution in [0.25, 0.3) is 16.6 Å². The van der Waals surface area contributed by atoms with Crippen molar-refractivity contribution in [3.8, 4) is 23.2 Å². The molecular weight excluding hydrogens is 444 g/mol. The van der Waals surface area contributed by atoms with Crippen LogP contribution in [0.2, 0.25) is 0 Å². The molecule has 0 bridgehead atoms. The Balaban J connectivity index is 1.36. The molecular formula is C26H24N6O3. The average molecular weight is 469 g/mol. The summed E-state index contributed by atoms with van der Waals surface area (Å²) < 4.78 is 18.3. The van der Waals surface area contributed by atoms with E-state index in [2.05, 4.69) is 44.3 Å². The van der Waals surface area contributed by atoms with E-state index in [0.29, 0.717) is 42.0 Å². The van der Waals surface area contributed by atoms with Crippen molar-refractivity contribution in [3.05, 3.63) is 90.0 Å². The minimum Gasteiger partial charge on any atom is -0.493 e. The maximum absolute atomic E-state index is 5.95. The van der Waals surface area contributed by atoms with Crippen LogP contribution in [0.5, 0.6) is 17.4 Å². The Morgan fingerprint density at radius 3 is 2.46 bits per heavy atom. The number of rotatable bonds is 8. The van der Waals surface area contributed by atoms with E-state index < -0.39 is 0 Å². The number of methoxy groups -OCH3 is 2. The number of hydrogen-bond acceptors (Lipinski definition) is 8. The highest BCUT2D eigenvalue weighted by Crippen LogP contribution is 2.28. The molecule has 0 atom stereocenters. The van der Waals surface area contributed by atoms with E-state index in [1.807, 2.05) is 36.4 Å². The van der Waals surface area contributed by atoms with Crippen molar-refractivity contribution in [2.45, 2.75) is 13.0 Å². The normalized spacial score (nSPS) is 10.9. The average Bonchev–Trinajstić information content (AvgIpc) is 3.27. The van der Waals surface area contributed by atoms with E-state index in [1.54, 1.807) is 25.0 Å². The van der Waals surface area contributed by atoms with Gasteiger partial charge in [0, 0.05) is 12.5 Å². The largest absolute Gasteiger partial charge is 0.493 e. The first-order chi connectivity index (χ1) is 17.1. The van der Waals surface area contributed by atoms with Crippen LogP contribution in [-0.4, -0.2) is 39.0 Å². The van der Waals surface area contributed by atoms with Crippen LogP contribution in [0.1, 0.15) is 17.0 Å². The number of nitrogens with zero attached hydrogens (tertiary/aromatic N) is 5. The molecule has 5 aromatic rings. The molecule has 0 amide bonds. The molecule has 35 heavy (non-hydrogen) atoms. The molecule has 176 valence electrons. The second-order valence-corrected chi connectivity index (χ2v) is 7.85. The first-order valence-electron chi connectivity index (χ1n) is 11.0. The quantitative estimate of drug-likeness (QED) is 0.364. The monoisotopic (exact) mass is 468 g/mol. The van der Waals surface area contributed by atoms with Gasteiger partial charge in [-0.15, -0.1) is 5.10 Å². The molecule has 9 nitrogen and oxygen atoms in total. The van der Waals surface area contributed by atoms with Crippen LogP contribution >= 0.6 is 0 Å². The summed E-state index contributed by atoms with van der Waals surface area (Å²) in [5, 5.41) is 6.68. The summed E-state index contributed by atoms with van der Waals surface area (Å²) in [4.78, 5) is 13.0. The van der Waals surface area contributed by atoms with Gasteiger partial charge in [-0.3, -0.25) is 0 Å². The van der Waals surface area contributed by atoms with E-state index in [9.17, 15) is 0 Å². The van der Waals surface area contributed by atoms with Crippen LogP contribution in [0.15, 0.2) is 73.1 Å². The number of aromatic nitrogens is 5. The van der Waals surface area contributed by atoms with Crippen molar-refractivity contribution >= 4 is 16.7 Å². The SMILES string of the molecule is COc1ccc(Cc2nc(N)nn2-c2cc(OCc3ccc4ccccc4c3)ncn2)cc1OC. The number of hydrogen-bond donors (Lipinski definition) is 1. The van der Waals surface area contributed by atoms with Gasteiger partial charge in [0.2, 0.25) is 11.8 Å². The zero-order valence-corrected chi connectivity index (χ0v) is 19.4. The molecule has 0 spiro atoms. The van der Waals surface area contributed by atoms with Gasteiger partial charge in [0.15, 0.2) is 17.3 Å². The van der Waals surface area contributed by atoms with Gasteiger partial charge < -0.3 is 19.9 Å². The molecule has 5 rings (SSSR count). The van der Waals surface area contributed by atoms with E-state index >= 15 is 0 Å². The molecule has 2 N–H and O–H groups in total. The van der Waals surface area contributed by atoms with Gasteiger partial charge in [0.1, 0.15) is 18.8 Å². The fourth-order valence-corrected chi connectivity index (χ4v) is 3.84. The summed E-state index contributed by atoms with van der Waals surface area (Å²) in [6.45, 7) is 0.374. The van der Waals surface area contributed by atoms with Gasteiger partial charge in [0.25, 0.3) is 0 Å². The Morgan fingerprint density at radius 2 is 1.63 bits per heavy atom. The predicted molar refractivity (Wildman–Crippen MR) is 132 cm³/mol. The van der Waals surface area contributed by atoms with Gasteiger partial charge in [-0.25, -0.2) is 9.97 Å². The molecule has 9 heteroatoms. The number of benzene rings is 3. The van der Waals surface area contributed by atoms with E-state index in [0.717, 1.165) is 16.5 Å². The lowest BCUT2D eigenvalue weighted by molar-refractivity contribution is 0.293. The molecule has 0 saturated heterocycles. The zero-order valence-electron chi connectivity index (χ0n) is 19.4. The molecule has 0 aliphatic heterocycles. The van der Waals surface area contributed by atoms with Crippen molar-refractivity contribution in [1.82, 2.24) is 24.7 Å². The molecule has 0 radical (unpaired) electrons. The van der Waals surface area contributed by atoms with E-state index in [4.69, 9.17) is 19.9 Å². The van der Waals surface area contributed by atoms with Crippen LogP contribution in [-0.2, 0) is 13.0 Å². The molecule has 0 aliphatic rings. The third-order valence-electron chi connectivity index (χ3n) is 5.55. The summed E-state index contributed by atoms with van der Waals surface area (Å²) in [6.07, 6.45) is 1.89. The summed E-state index contributed by atoms with van der Waals surface area (Å²) in [7, 11) is 3.20. The predicted octanol–water partition coefficient (Wildman–Crippen LogP) is 3.98. The second-order valence-electron chi connectivity index (χ2n) is 7.85. The standard InChI is InChI=1S/C26H24N6O3/c1-33-21-10-8-17(12-22(21)34-2)13-24-30-26(27)31-32(24)23-14-25(29-16-28-23)35-15-18-7-9-19-5-3-4-6-20(19)11-18/h3-12,14,16H,13,15H2,1-2H3,(H2,27,31). The first kappa shape index (κ1) is 22.1. The van der Waals surface area contributed by atoms with Crippen molar-refractivity contribution < 1.29 is 14.2 Å². The minimum absolute atomic E-state index is 0.151. The zero-order chi connectivity index (χ0) is 24.2. The van der Waals surface area contributed by atoms with E-state index in [1.165, 1.54) is 11.7 Å².